The average Bonchev–Trinajstić information content (AvgIpc) is 3.41. The minimum Gasteiger partial charge on any atom is -0.433 e. The van der Waals surface area contributed by atoms with Crippen LogP contribution in [-0.2, 0) is 9.53 Å². The molecule has 0 bridgehead atoms. The molecule has 2 atom stereocenters. The summed E-state index contributed by atoms with van der Waals surface area (Å²) in [6.45, 7) is -0.155. The highest BCUT2D eigenvalue weighted by Crippen LogP contribution is 2.31. The second kappa shape index (κ2) is 13.0. The lowest BCUT2D eigenvalue weighted by atomic mass is 10.2. The third-order valence-corrected chi connectivity index (χ3v) is 5.34. The predicted octanol–water partition coefficient (Wildman–Crippen LogP) is 2.29. The van der Waals surface area contributed by atoms with Gasteiger partial charge in [-0.15, -0.1) is 24.0 Å². The van der Waals surface area contributed by atoms with E-state index in [1.54, 1.807) is 38.4 Å². The number of hydrogen-bond acceptors (Lipinski definition) is 5. The summed E-state index contributed by atoms with van der Waals surface area (Å²) >= 11 is 0. The zero-order chi connectivity index (χ0) is 22.2. The van der Waals surface area contributed by atoms with Gasteiger partial charge in [0, 0.05) is 46.4 Å². The van der Waals surface area contributed by atoms with Crippen molar-refractivity contribution in [2.45, 2.75) is 38.0 Å². The molecule has 2 unspecified atom stereocenters. The number of halogens is 3. The first-order chi connectivity index (χ1) is 14.9. The number of anilines is 1. The van der Waals surface area contributed by atoms with Crippen LogP contribution in [0.4, 0.5) is 14.5 Å². The Balaban J connectivity index is 0.00000363. The standard InChI is InChI=1S/C21H31F2N5O3.HI/c1-27(2)19(29)13-25-21(24-12-16-6-5-11-30-16)26-15-9-10-28(14-15)17-7-3-4-8-18(17)31-20(22)23;/h3-4,7-8,15-16,20H,5-6,9-14H2,1-2H3,(H2,24,25,26);1H. The van der Waals surface area contributed by atoms with E-state index in [9.17, 15) is 13.6 Å². The van der Waals surface area contributed by atoms with Gasteiger partial charge in [-0.25, -0.2) is 4.99 Å². The normalized spacial score (nSPS) is 20.8. The summed E-state index contributed by atoms with van der Waals surface area (Å²) in [5.74, 6) is 0.624. The van der Waals surface area contributed by atoms with E-state index in [1.807, 2.05) is 4.90 Å². The first-order valence-electron chi connectivity index (χ1n) is 10.6. The number of para-hydroxylation sites is 2. The summed E-state index contributed by atoms with van der Waals surface area (Å²) in [6.07, 6.45) is 2.97. The maximum absolute atomic E-state index is 12.7. The lowest BCUT2D eigenvalue weighted by molar-refractivity contribution is -0.127. The van der Waals surface area contributed by atoms with Gasteiger partial charge in [0.1, 0.15) is 12.3 Å². The van der Waals surface area contributed by atoms with Crippen molar-refractivity contribution in [3.63, 3.8) is 0 Å². The van der Waals surface area contributed by atoms with Gasteiger partial charge in [-0.2, -0.15) is 8.78 Å². The van der Waals surface area contributed by atoms with E-state index in [4.69, 9.17) is 4.74 Å². The van der Waals surface area contributed by atoms with E-state index < -0.39 is 6.61 Å². The molecule has 11 heteroatoms. The molecule has 0 radical (unpaired) electrons. The minimum atomic E-state index is -2.87. The molecular formula is C21H32F2IN5O3. The van der Waals surface area contributed by atoms with Gasteiger partial charge in [0.15, 0.2) is 5.96 Å². The van der Waals surface area contributed by atoms with Gasteiger partial charge in [0.25, 0.3) is 0 Å². The van der Waals surface area contributed by atoms with E-state index >= 15 is 0 Å². The fourth-order valence-corrected chi connectivity index (χ4v) is 3.66. The van der Waals surface area contributed by atoms with Gasteiger partial charge in [-0.3, -0.25) is 4.79 Å². The number of carbonyl (C=O) groups is 1. The van der Waals surface area contributed by atoms with E-state index in [0.717, 1.165) is 25.9 Å². The summed E-state index contributed by atoms with van der Waals surface area (Å²) in [5, 5.41) is 6.65. The maximum atomic E-state index is 12.7. The topological polar surface area (TPSA) is 78.4 Å². The predicted molar refractivity (Wildman–Crippen MR) is 130 cm³/mol. The van der Waals surface area contributed by atoms with Crippen molar-refractivity contribution >= 4 is 41.5 Å². The van der Waals surface area contributed by atoms with Crippen LogP contribution < -0.4 is 20.3 Å². The Labute approximate surface area is 204 Å². The van der Waals surface area contributed by atoms with Crippen molar-refractivity contribution in [3.8, 4) is 5.75 Å². The van der Waals surface area contributed by atoms with Gasteiger partial charge in [-0.1, -0.05) is 12.1 Å². The lowest BCUT2D eigenvalue weighted by Gasteiger charge is -2.23. The average molecular weight is 567 g/mol. The van der Waals surface area contributed by atoms with Crippen molar-refractivity contribution < 1.29 is 23.0 Å². The number of amides is 1. The number of nitrogens with zero attached hydrogens (tertiary/aromatic N) is 3. The SMILES string of the molecule is CN(C)C(=O)CN=C(NCC1CCCO1)NC1CCN(c2ccccc2OC(F)F)C1.I. The number of aliphatic imine (C=N–C) groups is 1. The molecule has 2 aliphatic rings. The van der Waals surface area contributed by atoms with Crippen LogP contribution >= 0.6 is 24.0 Å². The van der Waals surface area contributed by atoms with E-state index in [1.165, 1.54) is 4.90 Å². The van der Waals surface area contributed by atoms with E-state index in [2.05, 4.69) is 20.4 Å². The Morgan fingerprint density at radius 2 is 2.12 bits per heavy atom. The monoisotopic (exact) mass is 567 g/mol. The molecule has 1 aromatic carbocycles. The first-order valence-corrected chi connectivity index (χ1v) is 10.6. The highest BCUT2D eigenvalue weighted by atomic mass is 127. The van der Waals surface area contributed by atoms with Crippen molar-refractivity contribution in [2.75, 3.05) is 51.8 Å². The molecule has 0 aliphatic carbocycles. The molecule has 8 nitrogen and oxygen atoms in total. The summed E-state index contributed by atoms with van der Waals surface area (Å²) in [6, 6.07) is 6.85. The zero-order valence-electron chi connectivity index (χ0n) is 18.4. The number of likely N-dealkylation sites (N-methyl/N-ethyl adjacent to an activating group) is 1. The molecule has 2 heterocycles. The molecule has 2 fully saturated rings. The molecule has 0 spiro atoms. The molecular weight excluding hydrogens is 535 g/mol. The highest BCUT2D eigenvalue weighted by molar-refractivity contribution is 14.0. The number of ether oxygens (including phenoxy) is 2. The van der Waals surface area contributed by atoms with Gasteiger partial charge in [0.2, 0.25) is 5.91 Å². The third kappa shape index (κ3) is 7.91. The van der Waals surface area contributed by atoms with E-state index in [-0.39, 0.29) is 54.3 Å². The third-order valence-electron chi connectivity index (χ3n) is 5.34. The molecule has 2 aliphatic heterocycles. The van der Waals surface area contributed by atoms with Gasteiger partial charge < -0.3 is 29.9 Å². The Morgan fingerprint density at radius 3 is 2.81 bits per heavy atom. The van der Waals surface area contributed by atoms with Crippen LogP contribution in [0, 0.1) is 0 Å². The first kappa shape index (κ1) is 26.4. The molecule has 0 saturated carbocycles. The van der Waals surface area contributed by atoms with Crippen molar-refractivity contribution in [1.82, 2.24) is 15.5 Å². The van der Waals surface area contributed by atoms with Crippen LogP contribution in [0.15, 0.2) is 29.3 Å². The van der Waals surface area contributed by atoms with E-state index in [0.29, 0.717) is 31.3 Å². The summed E-state index contributed by atoms with van der Waals surface area (Å²) in [4.78, 5) is 19.9. The molecule has 1 aromatic rings. The second-order valence-corrected chi connectivity index (χ2v) is 7.89. The van der Waals surface area contributed by atoms with Crippen molar-refractivity contribution in [2.24, 2.45) is 4.99 Å². The van der Waals surface area contributed by atoms with Crippen LogP contribution in [0.2, 0.25) is 0 Å². The summed E-state index contributed by atoms with van der Waals surface area (Å²) < 4.78 is 35.8. The molecule has 3 rings (SSSR count). The smallest absolute Gasteiger partial charge is 0.387 e. The molecule has 2 saturated heterocycles. The summed E-state index contributed by atoms with van der Waals surface area (Å²) in [5.41, 5.74) is 0.640. The second-order valence-electron chi connectivity index (χ2n) is 7.89. The minimum absolute atomic E-state index is 0. The Morgan fingerprint density at radius 1 is 1.34 bits per heavy atom. The van der Waals surface area contributed by atoms with Crippen molar-refractivity contribution in [3.05, 3.63) is 24.3 Å². The largest absolute Gasteiger partial charge is 0.433 e. The maximum Gasteiger partial charge on any atom is 0.387 e. The van der Waals surface area contributed by atoms with Gasteiger partial charge in [-0.05, 0) is 31.4 Å². The number of guanidine groups is 1. The summed E-state index contributed by atoms with van der Waals surface area (Å²) in [7, 11) is 3.39. The van der Waals surface area contributed by atoms with Crippen LogP contribution in [-0.4, -0.2) is 82.4 Å². The number of hydrogen-bond donors (Lipinski definition) is 2. The van der Waals surface area contributed by atoms with Gasteiger partial charge in [0.05, 0.1) is 11.8 Å². The molecule has 32 heavy (non-hydrogen) atoms. The number of benzene rings is 1. The van der Waals surface area contributed by atoms with Crippen LogP contribution in [0.25, 0.3) is 0 Å². The van der Waals surface area contributed by atoms with Crippen LogP contribution in [0.3, 0.4) is 0 Å². The Kier molecular flexibility index (Phi) is 10.7. The van der Waals surface area contributed by atoms with Crippen LogP contribution in [0.5, 0.6) is 5.75 Å². The number of rotatable bonds is 8. The quantitative estimate of drug-likeness (QED) is 0.285. The number of nitrogens with one attached hydrogen (secondary N) is 2. The Bertz CT molecular complexity index is 763. The fourth-order valence-electron chi connectivity index (χ4n) is 3.66. The zero-order valence-corrected chi connectivity index (χ0v) is 20.8. The number of alkyl halides is 2. The molecule has 0 aromatic heterocycles. The fraction of sp³-hybridized carbons (Fsp3) is 0.619. The van der Waals surface area contributed by atoms with Crippen LogP contribution in [0.1, 0.15) is 19.3 Å². The number of carbonyl (C=O) groups excluding carboxylic acids is 1. The highest BCUT2D eigenvalue weighted by Gasteiger charge is 2.26. The molecule has 180 valence electrons. The molecule has 1 amide bonds. The molecule has 2 N–H and O–H groups in total. The Hall–Kier alpha value is -1.89. The van der Waals surface area contributed by atoms with Crippen molar-refractivity contribution in [1.29, 1.82) is 0 Å². The lowest BCUT2D eigenvalue weighted by Crippen LogP contribution is -2.47. The van der Waals surface area contributed by atoms with Gasteiger partial charge >= 0.3 is 6.61 Å².